The second-order valence-electron chi connectivity index (χ2n) is 7.71. The molecule has 2 aliphatic rings. The van der Waals surface area contributed by atoms with E-state index in [1.54, 1.807) is 0 Å². The highest BCUT2D eigenvalue weighted by Gasteiger charge is 2.45. The molecule has 0 bridgehead atoms. The van der Waals surface area contributed by atoms with Gasteiger partial charge in [0.15, 0.2) is 0 Å². The zero-order valence-corrected chi connectivity index (χ0v) is 14.1. The fraction of sp³-hybridized carbons (Fsp3) is 0.882. The monoisotopic (exact) mass is 294 g/mol. The van der Waals surface area contributed by atoms with E-state index in [9.17, 15) is 9.59 Å². The van der Waals surface area contributed by atoms with Gasteiger partial charge in [-0.2, -0.15) is 0 Å². The molecule has 4 atom stereocenters. The van der Waals surface area contributed by atoms with Crippen molar-refractivity contribution in [3.8, 4) is 0 Å². The Labute approximate surface area is 128 Å². The van der Waals surface area contributed by atoms with Crippen LogP contribution in [0.15, 0.2) is 0 Å². The van der Waals surface area contributed by atoms with Gasteiger partial charge in [-0.15, -0.1) is 0 Å². The summed E-state index contributed by atoms with van der Waals surface area (Å²) in [7, 11) is 0. The Morgan fingerprint density at radius 1 is 1.38 bits per heavy atom. The summed E-state index contributed by atoms with van der Waals surface area (Å²) in [6.45, 7) is 10.5. The van der Waals surface area contributed by atoms with Crippen molar-refractivity contribution in [3.05, 3.63) is 0 Å². The Hall–Kier alpha value is -1.06. The Kier molecular flexibility index (Phi) is 4.64. The first-order chi connectivity index (χ1) is 9.76. The molecule has 0 radical (unpaired) electrons. The smallest absolute Gasteiger partial charge is 0.246 e. The largest absolute Gasteiger partial charge is 0.342 e. The summed E-state index contributed by atoms with van der Waals surface area (Å²) in [4.78, 5) is 27.1. The number of amides is 2. The lowest BCUT2D eigenvalue weighted by Crippen LogP contribution is -2.66. The molecule has 2 amide bonds. The number of nitrogens with one attached hydrogen (secondary N) is 1. The Morgan fingerprint density at radius 3 is 2.62 bits per heavy atom. The van der Waals surface area contributed by atoms with Crippen molar-refractivity contribution in [1.29, 1.82) is 0 Å². The van der Waals surface area contributed by atoms with Gasteiger partial charge >= 0.3 is 0 Å². The topological polar surface area (TPSA) is 49.4 Å². The standard InChI is InChI=1S/C17H30N2O2/c1-6-11(2)14-16(21)19(12(3)15(20)18-14)13-8-7-9-17(4,5)10-13/h11-14H,6-10H2,1-5H3,(H,18,20). The van der Waals surface area contributed by atoms with Crippen molar-refractivity contribution in [2.45, 2.75) is 84.8 Å². The van der Waals surface area contributed by atoms with E-state index >= 15 is 0 Å². The predicted octanol–water partition coefficient (Wildman–Crippen LogP) is 2.72. The molecule has 120 valence electrons. The SMILES string of the molecule is CCC(C)C1NC(=O)C(C)N(C2CCCC(C)(C)C2)C1=O. The molecular weight excluding hydrogens is 264 g/mol. The van der Waals surface area contributed by atoms with Crippen molar-refractivity contribution in [2.24, 2.45) is 11.3 Å². The van der Waals surface area contributed by atoms with E-state index in [0.717, 1.165) is 25.7 Å². The van der Waals surface area contributed by atoms with Crippen LogP contribution < -0.4 is 5.32 Å². The quantitative estimate of drug-likeness (QED) is 0.870. The molecule has 0 aromatic heterocycles. The van der Waals surface area contributed by atoms with Crippen LogP contribution in [0.25, 0.3) is 0 Å². The van der Waals surface area contributed by atoms with E-state index in [2.05, 4.69) is 26.1 Å². The van der Waals surface area contributed by atoms with Crippen LogP contribution in [0.1, 0.15) is 66.7 Å². The average Bonchev–Trinajstić information content (AvgIpc) is 2.41. The predicted molar refractivity (Wildman–Crippen MR) is 83.7 cm³/mol. The normalized spacial score (nSPS) is 34.5. The van der Waals surface area contributed by atoms with Gasteiger partial charge in [0, 0.05) is 6.04 Å². The maximum Gasteiger partial charge on any atom is 0.246 e. The van der Waals surface area contributed by atoms with Gasteiger partial charge in [0.25, 0.3) is 0 Å². The molecule has 0 aromatic carbocycles. The minimum Gasteiger partial charge on any atom is -0.342 e. The minimum absolute atomic E-state index is 0.00304. The molecule has 1 N–H and O–H groups in total. The summed E-state index contributed by atoms with van der Waals surface area (Å²) in [6.07, 6.45) is 5.28. The maximum atomic E-state index is 12.9. The molecule has 4 nitrogen and oxygen atoms in total. The maximum absolute atomic E-state index is 12.9. The van der Waals surface area contributed by atoms with Crippen molar-refractivity contribution < 1.29 is 9.59 Å². The van der Waals surface area contributed by atoms with E-state index in [4.69, 9.17) is 0 Å². The summed E-state index contributed by atoms with van der Waals surface area (Å²) < 4.78 is 0. The van der Waals surface area contributed by atoms with E-state index in [0.29, 0.717) is 0 Å². The number of hydrogen-bond acceptors (Lipinski definition) is 2. The third-order valence-corrected chi connectivity index (χ3v) is 5.40. The van der Waals surface area contributed by atoms with Crippen LogP contribution in [0.2, 0.25) is 0 Å². The summed E-state index contributed by atoms with van der Waals surface area (Å²) in [5, 5.41) is 2.93. The van der Waals surface area contributed by atoms with Crippen LogP contribution in [-0.4, -0.2) is 34.8 Å². The van der Waals surface area contributed by atoms with Gasteiger partial charge in [-0.25, -0.2) is 0 Å². The molecule has 4 heteroatoms. The fourth-order valence-electron chi connectivity index (χ4n) is 3.83. The van der Waals surface area contributed by atoms with Gasteiger partial charge in [-0.1, -0.05) is 40.5 Å². The highest BCUT2D eigenvalue weighted by Crippen LogP contribution is 2.38. The lowest BCUT2D eigenvalue weighted by Gasteiger charge is -2.47. The van der Waals surface area contributed by atoms with Crippen molar-refractivity contribution in [2.75, 3.05) is 0 Å². The molecule has 1 saturated carbocycles. The molecule has 1 saturated heterocycles. The van der Waals surface area contributed by atoms with Crippen molar-refractivity contribution in [3.63, 3.8) is 0 Å². The van der Waals surface area contributed by atoms with E-state index in [-0.39, 0.29) is 41.3 Å². The van der Waals surface area contributed by atoms with Gasteiger partial charge in [-0.05, 0) is 37.5 Å². The Bertz CT molecular complexity index is 419. The molecule has 0 spiro atoms. The fourth-order valence-corrected chi connectivity index (χ4v) is 3.83. The van der Waals surface area contributed by atoms with E-state index < -0.39 is 0 Å². The molecule has 2 fully saturated rings. The Balaban J connectivity index is 2.22. The molecule has 0 aromatic rings. The molecule has 2 rings (SSSR count). The van der Waals surface area contributed by atoms with Crippen molar-refractivity contribution >= 4 is 11.8 Å². The first-order valence-corrected chi connectivity index (χ1v) is 8.39. The van der Waals surface area contributed by atoms with Gasteiger partial charge in [0.1, 0.15) is 12.1 Å². The summed E-state index contributed by atoms with van der Waals surface area (Å²) in [5.74, 6) is 0.315. The molecule has 1 aliphatic carbocycles. The van der Waals surface area contributed by atoms with Crippen LogP contribution in [0.5, 0.6) is 0 Å². The molecule has 4 unspecified atom stereocenters. The minimum atomic E-state index is -0.344. The van der Waals surface area contributed by atoms with Crippen LogP contribution in [0.4, 0.5) is 0 Å². The molecular formula is C17H30N2O2. The third-order valence-electron chi connectivity index (χ3n) is 5.40. The lowest BCUT2D eigenvalue weighted by atomic mass is 9.74. The lowest BCUT2D eigenvalue weighted by molar-refractivity contribution is -0.154. The van der Waals surface area contributed by atoms with Crippen LogP contribution in [-0.2, 0) is 9.59 Å². The number of carbonyl (C=O) groups excluding carboxylic acids is 2. The van der Waals surface area contributed by atoms with Gasteiger partial charge in [0.2, 0.25) is 11.8 Å². The third kappa shape index (κ3) is 3.24. The second-order valence-corrected chi connectivity index (χ2v) is 7.71. The number of carbonyl (C=O) groups is 2. The number of hydrogen-bond donors (Lipinski definition) is 1. The number of rotatable bonds is 3. The van der Waals surface area contributed by atoms with Crippen LogP contribution in [0.3, 0.4) is 0 Å². The summed E-state index contributed by atoms with van der Waals surface area (Å²) >= 11 is 0. The first kappa shape index (κ1) is 16.3. The zero-order valence-electron chi connectivity index (χ0n) is 14.1. The van der Waals surface area contributed by atoms with E-state index in [1.807, 2.05) is 18.7 Å². The number of nitrogens with zero attached hydrogens (tertiary/aromatic N) is 1. The molecule has 1 heterocycles. The van der Waals surface area contributed by atoms with Crippen molar-refractivity contribution in [1.82, 2.24) is 10.2 Å². The van der Waals surface area contributed by atoms with Gasteiger partial charge < -0.3 is 10.2 Å². The van der Waals surface area contributed by atoms with Crippen LogP contribution in [0, 0.1) is 11.3 Å². The summed E-state index contributed by atoms with van der Waals surface area (Å²) in [6, 6.07) is -0.464. The molecule has 21 heavy (non-hydrogen) atoms. The first-order valence-electron chi connectivity index (χ1n) is 8.39. The highest BCUT2D eigenvalue weighted by molar-refractivity contribution is 5.97. The van der Waals surface area contributed by atoms with Gasteiger partial charge in [-0.3, -0.25) is 9.59 Å². The zero-order chi connectivity index (χ0) is 15.8. The van der Waals surface area contributed by atoms with E-state index in [1.165, 1.54) is 6.42 Å². The van der Waals surface area contributed by atoms with Crippen LogP contribution >= 0.6 is 0 Å². The Morgan fingerprint density at radius 2 is 2.05 bits per heavy atom. The summed E-state index contributed by atoms with van der Waals surface area (Å²) in [5.41, 5.74) is 0.267. The second kappa shape index (κ2) is 5.98. The van der Waals surface area contributed by atoms with Gasteiger partial charge in [0.05, 0.1) is 0 Å². The number of piperazine rings is 1. The highest BCUT2D eigenvalue weighted by atomic mass is 16.2. The molecule has 1 aliphatic heterocycles. The average molecular weight is 294 g/mol.